The number of nitrogens with one attached hydrogen (secondary N) is 1. The van der Waals surface area contributed by atoms with Crippen LogP contribution in [0.2, 0.25) is 10.0 Å². The second-order valence-corrected chi connectivity index (χ2v) is 6.93. The van der Waals surface area contributed by atoms with E-state index in [1.807, 2.05) is 0 Å². The Morgan fingerprint density at radius 2 is 1.96 bits per heavy atom. The molecule has 2 heterocycles. The van der Waals surface area contributed by atoms with Crippen LogP contribution >= 0.6 is 23.2 Å². The van der Waals surface area contributed by atoms with E-state index in [0.29, 0.717) is 29.2 Å². The summed E-state index contributed by atoms with van der Waals surface area (Å²) in [6.07, 6.45) is 1.09. The van der Waals surface area contributed by atoms with Gasteiger partial charge in [0.25, 0.3) is 11.5 Å². The lowest BCUT2D eigenvalue weighted by Crippen LogP contribution is -2.51. The number of hydrogen-bond acceptors (Lipinski definition) is 4. The quantitative estimate of drug-likeness (QED) is 0.785. The van der Waals surface area contributed by atoms with E-state index in [2.05, 4.69) is 10.3 Å². The Kier molecular flexibility index (Phi) is 4.13. The minimum Gasteiger partial charge on any atom is -0.294 e. The van der Waals surface area contributed by atoms with Crippen molar-refractivity contribution in [1.82, 2.24) is 14.9 Å². The third-order valence-electron chi connectivity index (χ3n) is 4.36. The van der Waals surface area contributed by atoms with Gasteiger partial charge in [0.2, 0.25) is 5.91 Å². The Balaban J connectivity index is 2.32. The van der Waals surface area contributed by atoms with Gasteiger partial charge >= 0.3 is 0 Å². The summed E-state index contributed by atoms with van der Waals surface area (Å²) in [5.74, 6) is -0.498. The van der Waals surface area contributed by atoms with Crippen LogP contribution in [0.4, 0.5) is 0 Å². The van der Waals surface area contributed by atoms with E-state index in [0.717, 1.165) is 0 Å². The molecule has 1 aliphatic heterocycles. The van der Waals surface area contributed by atoms with Crippen molar-refractivity contribution in [2.75, 3.05) is 0 Å². The molecule has 24 heavy (non-hydrogen) atoms. The number of aryl methyl sites for hydroxylation is 1. The predicted molar refractivity (Wildman–Crippen MR) is 91.4 cm³/mol. The van der Waals surface area contributed by atoms with Crippen molar-refractivity contribution in [3.8, 4) is 0 Å². The minimum atomic E-state index is -1.21. The van der Waals surface area contributed by atoms with E-state index in [1.54, 1.807) is 13.8 Å². The normalized spacial score (nSPS) is 21.7. The van der Waals surface area contributed by atoms with Crippen molar-refractivity contribution in [3.05, 3.63) is 38.4 Å². The lowest BCUT2D eigenvalue weighted by molar-refractivity contribution is -0.134. The summed E-state index contributed by atoms with van der Waals surface area (Å²) >= 11 is 12.1. The molecule has 1 aromatic heterocycles. The molecule has 1 aromatic carbocycles. The van der Waals surface area contributed by atoms with Gasteiger partial charge in [-0.15, -0.1) is 0 Å². The molecular weight excluding hydrogens is 353 g/mol. The number of aromatic nitrogens is 2. The zero-order chi connectivity index (χ0) is 17.6. The van der Waals surface area contributed by atoms with Crippen LogP contribution in [0.1, 0.15) is 32.0 Å². The maximum absolute atomic E-state index is 13.0. The summed E-state index contributed by atoms with van der Waals surface area (Å²) in [5, 5.41) is 3.16. The largest absolute Gasteiger partial charge is 0.294 e. The van der Waals surface area contributed by atoms with Crippen LogP contribution < -0.4 is 10.9 Å². The van der Waals surface area contributed by atoms with E-state index in [9.17, 15) is 14.4 Å². The van der Waals surface area contributed by atoms with E-state index in [1.165, 1.54) is 16.7 Å². The van der Waals surface area contributed by atoms with Crippen molar-refractivity contribution in [2.24, 2.45) is 0 Å². The fourth-order valence-corrected chi connectivity index (χ4v) is 3.68. The van der Waals surface area contributed by atoms with Gasteiger partial charge in [0, 0.05) is 11.4 Å². The fourth-order valence-electron chi connectivity index (χ4n) is 3.15. The first-order valence-corrected chi connectivity index (χ1v) is 8.23. The Morgan fingerprint density at radius 1 is 1.25 bits per heavy atom. The number of nitrogens with zero attached hydrogens (tertiary/aromatic N) is 2. The Labute approximate surface area is 147 Å². The first kappa shape index (κ1) is 16.9. The van der Waals surface area contributed by atoms with Crippen LogP contribution in [-0.2, 0) is 15.1 Å². The van der Waals surface area contributed by atoms with Crippen LogP contribution in [0.25, 0.3) is 10.9 Å². The first-order valence-electron chi connectivity index (χ1n) is 7.47. The molecule has 2 aromatic rings. The van der Waals surface area contributed by atoms with Crippen LogP contribution in [0.15, 0.2) is 16.9 Å². The monoisotopic (exact) mass is 367 g/mol. The first-order chi connectivity index (χ1) is 11.2. The fraction of sp³-hybridized carbons (Fsp3) is 0.375. The highest BCUT2D eigenvalue weighted by atomic mass is 35.5. The van der Waals surface area contributed by atoms with Crippen LogP contribution in [-0.4, -0.2) is 21.4 Å². The van der Waals surface area contributed by atoms with Gasteiger partial charge in [-0.25, -0.2) is 4.98 Å². The molecule has 6 nitrogen and oxygen atoms in total. The molecule has 1 atom stereocenters. The molecular formula is C16H15Cl2N3O3. The lowest BCUT2D eigenvalue weighted by Gasteiger charge is -2.30. The molecule has 1 N–H and O–H groups in total. The molecule has 126 valence electrons. The van der Waals surface area contributed by atoms with Crippen LogP contribution in [0, 0.1) is 6.92 Å². The summed E-state index contributed by atoms with van der Waals surface area (Å²) in [5.41, 5.74) is -1.27. The second-order valence-electron chi connectivity index (χ2n) is 6.09. The van der Waals surface area contributed by atoms with Gasteiger partial charge < -0.3 is 0 Å². The van der Waals surface area contributed by atoms with Gasteiger partial charge in [-0.05, 0) is 38.8 Å². The van der Waals surface area contributed by atoms with Crippen molar-refractivity contribution in [3.63, 3.8) is 0 Å². The van der Waals surface area contributed by atoms with Crippen LogP contribution in [0.5, 0.6) is 0 Å². The number of imide groups is 1. The molecule has 1 aliphatic rings. The molecule has 8 heteroatoms. The third-order valence-corrected chi connectivity index (χ3v) is 4.87. The number of carbonyl (C=O) groups excluding carboxylic acids is 2. The number of hydrogen-bond donors (Lipinski definition) is 1. The zero-order valence-electron chi connectivity index (χ0n) is 13.2. The highest BCUT2D eigenvalue weighted by Crippen LogP contribution is 2.29. The summed E-state index contributed by atoms with van der Waals surface area (Å²) in [6, 6.07) is 3.00. The topological polar surface area (TPSA) is 81.1 Å². The standard InChI is InChI=1S/C16H15Cl2N3O3/c1-8-19-13-10(6-9(17)7-11(13)18)14(23)21(8)16(2)5-3-4-12(22)20-15(16)24/h6-7H,3-5H2,1-2H3,(H,20,22,24). The molecule has 0 spiro atoms. The third kappa shape index (κ3) is 2.59. The van der Waals surface area contributed by atoms with Crippen molar-refractivity contribution in [1.29, 1.82) is 0 Å². The number of fused-ring (bicyclic) bond motifs is 1. The highest BCUT2D eigenvalue weighted by molar-refractivity contribution is 6.38. The summed E-state index contributed by atoms with van der Waals surface area (Å²) in [6.45, 7) is 3.27. The molecule has 3 rings (SSSR count). The number of rotatable bonds is 1. The summed E-state index contributed by atoms with van der Waals surface area (Å²) in [4.78, 5) is 41.6. The van der Waals surface area contributed by atoms with Crippen molar-refractivity contribution < 1.29 is 9.59 Å². The summed E-state index contributed by atoms with van der Waals surface area (Å²) < 4.78 is 1.33. The smallest absolute Gasteiger partial charge is 0.262 e. The molecule has 0 bridgehead atoms. The maximum Gasteiger partial charge on any atom is 0.262 e. The predicted octanol–water partition coefficient (Wildman–Crippen LogP) is 2.55. The van der Waals surface area contributed by atoms with E-state index >= 15 is 0 Å². The van der Waals surface area contributed by atoms with E-state index < -0.39 is 17.0 Å². The molecule has 1 fully saturated rings. The van der Waals surface area contributed by atoms with Gasteiger partial charge in [0.15, 0.2) is 0 Å². The van der Waals surface area contributed by atoms with Gasteiger partial charge in [0.1, 0.15) is 11.4 Å². The van der Waals surface area contributed by atoms with E-state index in [-0.39, 0.29) is 22.7 Å². The number of carbonyl (C=O) groups is 2. The molecule has 0 saturated carbocycles. The molecule has 1 unspecified atom stereocenters. The number of halogens is 2. The molecule has 0 aliphatic carbocycles. The number of amides is 2. The SMILES string of the molecule is Cc1nc2c(Cl)cc(Cl)cc2c(=O)n1C1(C)CCCC(=O)NC1=O. The Hall–Kier alpha value is -1.92. The molecule has 0 radical (unpaired) electrons. The maximum atomic E-state index is 13.0. The van der Waals surface area contributed by atoms with Crippen molar-refractivity contribution in [2.45, 2.75) is 38.6 Å². The van der Waals surface area contributed by atoms with Gasteiger partial charge in [0.05, 0.1) is 15.9 Å². The zero-order valence-corrected chi connectivity index (χ0v) is 14.7. The van der Waals surface area contributed by atoms with Gasteiger partial charge in [-0.3, -0.25) is 24.3 Å². The second kappa shape index (κ2) is 5.86. The highest BCUT2D eigenvalue weighted by Gasteiger charge is 2.40. The average molecular weight is 368 g/mol. The lowest BCUT2D eigenvalue weighted by atomic mass is 9.94. The summed E-state index contributed by atoms with van der Waals surface area (Å²) in [7, 11) is 0. The van der Waals surface area contributed by atoms with Gasteiger partial charge in [-0.1, -0.05) is 23.2 Å². The minimum absolute atomic E-state index is 0.239. The van der Waals surface area contributed by atoms with Gasteiger partial charge in [-0.2, -0.15) is 0 Å². The van der Waals surface area contributed by atoms with Crippen molar-refractivity contribution >= 4 is 45.9 Å². The van der Waals surface area contributed by atoms with E-state index in [4.69, 9.17) is 23.2 Å². The molecule has 1 saturated heterocycles. The average Bonchev–Trinajstić information content (AvgIpc) is 2.60. The Morgan fingerprint density at radius 3 is 2.67 bits per heavy atom. The number of benzene rings is 1. The molecule has 2 amide bonds. The Bertz CT molecular complexity index is 938. The van der Waals surface area contributed by atoms with Crippen LogP contribution in [0.3, 0.4) is 0 Å².